The summed E-state index contributed by atoms with van der Waals surface area (Å²) < 4.78 is 14.2. The third-order valence-electron chi connectivity index (χ3n) is 4.11. The third kappa shape index (κ3) is 2.69. The average Bonchev–Trinajstić information content (AvgIpc) is 3.25. The first-order valence-corrected chi connectivity index (χ1v) is 7.77. The van der Waals surface area contributed by atoms with E-state index in [0.717, 1.165) is 16.7 Å². The lowest BCUT2D eigenvalue weighted by molar-refractivity contribution is 0.415. The number of ether oxygens (including phenoxy) is 1. The Labute approximate surface area is 143 Å². The Morgan fingerprint density at radius 3 is 2.60 bits per heavy atom. The fourth-order valence-corrected chi connectivity index (χ4v) is 2.77. The van der Waals surface area contributed by atoms with Gasteiger partial charge in [0.2, 0.25) is 11.8 Å². The van der Waals surface area contributed by atoms with Gasteiger partial charge >= 0.3 is 0 Å². The second-order valence-corrected chi connectivity index (χ2v) is 5.71. The molecule has 0 atom stereocenters. The van der Waals surface area contributed by atoms with Crippen LogP contribution in [0.2, 0.25) is 0 Å². The molecule has 7 heteroatoms. The van der Waals surface area contributed by atoms with Crippen molar-refractivity contribution >= 4 is 10.9 Å². The summed E-state index contributed by atoms with van der Waals surface area (Å²) in [6, 6.07) is 11.2. The molecule has 0 saturated heterocycles. The van der Waals surface area contributed by atoms with Crippen molar-refractivity contribution in [1.29, 1.82) is 0 Å². The SMILES string of the molecule is COc1ccc(-c2nnc(Cn3ccc4ccn(C)c4c3=O)o2)cc1. The first-order chi connectivity index (χ1) is 12.2. The third-order valence-corrected chi connectivity index (χ3v) is 4.11. The summed E-state index contributed by atoms with van der Waals surface area (Å²) >= 11 is 0. The van der Waals surface area contributed by atoms with Gasteiger partial charge in [-0.1, -0.05) is 0 Å². The van der Waals surface area contributed by atoms with Gasteiger partial charge in [-0.25, -0.2) is 0 Å². The van der Waals surface area contributed by atoms with Gasteiger partial charge in [-0.15, -0.1) is 10.2 Å². The van der Waals surface area contributed by atoms with Gasteiger partial charge in [-0.3, -0.25) is 4.79 Å². The molecule has 0 unspecified atom stereocenters. The molecule has 0 bridgehead atoms. The molecule has 1 aromatic carbocycles. The maximum Gasteiger partial charge on any atom is 0.275 e. The van der Waals surface area contributed by atoms with Gasteiger partial charge in [0.05, 0.1) is 7.11 Å². The van der Waals surface area contributed by atoms with Gasteiger partial charge in [-0.05, 0) is 36.4 Å². The molecule has 0 fully saturated rings. The van der Waals surface area contributed by atoms with Crippen LogP contribution in [0.3, 0.4) is 0 Å². The standard InChI is InChI=1S/C18H16N4O3/c1-21-9-7-12-8-10-22(18(23)16(12)21)11-15-19-20-17(25-15)13-3-5-14(24-2)6-4-13/h3-10H,11H2,1-2H3. The van der Waals surface area contributed by atoms with E-state index in [0.29, 0.717) is 17.3 Å². The number of methoxy groups -OCH3 is 1. The second-order valence-electron chi connectivity index (χ2n) is 5.71. The van der Waals surface area contributed by atoms with Crippen molar-refractivity contribution < 1.29 is 9.15 Å². The van der Waals surface area contributed by atoms with Crippen molar-refractivity contribution in [2.45, 2.75) is 6.54 Å². The Balaban J connectivity index is 1.64. The summed E-state index contributed by atoms with van der Waals surface area (Å²) in [7, 11) is 3.46. The van der Waals surface area contributed by atoms with Crippen LogP contribution in [-0.4, -0.2) is 26.4 Å². The molecule has 0 aliphatic rings. The molecule has 0 aliphatic carbocycles. The number of nitrogens with zero attached hydrogens (tertiary/aromatic N) is 4. The molecule has 3 heterocycles. The molecule has 25 heavy (non-hydrogen) atoms. The number of fused-ring (bicyclic) bond motifs is 1. The summed E-state index contributed by atoms with van der Waals surface area (Å²) in [6.45, 7) is 0.225. The quantitative estimate of drug-likeness (QED) is 0.572. The molecular formula is C18H16N4O3. The highest BCUT2D eigenvalue weighted by molar-refractivity contribution is 5.78. The minimum atomic E-state index is -0.0887. The number of hydrogen-bond acceptors (Lipinski definition) is 5. The van der Waals surface area contributed by atoms with Gasteiger partial charge in [0.15, 0.2) is 0 Å². The Morgan fingerprint density at radius 2 is 1.84 bits per heavy atom. The molecule has 7 nitrogen and oxygen atoms in total. The maximum atomic E-state index is 12.6. The van der Waals surface area contributed by atoms with Crippen LogP contribution < -0.4 is 10.3 Å². The van der Waals surface area contributed by atoms with Gasteiger partial charge in [-0.2, -0.15) is 0 Å². The Hall–Kier alpha value is -3.35. The Bertz CT molecular complexity index is 1090. The summed E-state index contributed by atoms with van der Waals surface area (Å²) in [5.41, 5.74) is 1.36. The summed E-state index contributed by atoms with van der Waals surface area (Å²) in [4.78, 5) is 12.6. The highest BCUT2D eigenvalue weighted by Crippen LogP contribution is 2.21. The van der Waals surface area contributed by atoms with Crippen molar-refractivity contribution in [2.24, 2.45) is 7.05 Å². The molecule has 4 aromatic rings. The van der Waals surface area contributed by atoms with E-state index < -0.39 is 0 Å². The van der Waals surface area contributed by atoms with Crippen LogP contribution in [0.4, 0.5) is 0 Å². The first kappa shape index (κ1) is 15.2. The lowest BCUT2D eigenvalue weighted by atomic mass is 10.2. The van der Waals surface area contributed by atoms with E-state index in [-0.39, 0.29) is 12.1 Å². The van der Waals surface area contributed by atoms with Crippen molar-refractivity contribution in [3.63, 3.8) is 0 Å². The second kappa shape index (κ2) is 5.94. The smallest absolute Gasteiger partial charge is 0.275 e. The van der Waals surface area contributed by atoms with E-state index in [1.54, 1.807) is 17.9 Å². The fourth-order valence-electron chi connectivity index (χ4n) is 2.77. The molecule has 0 N–H and O–H groups in total. The summed E-state index contributed by atoms with van der Waals surface area (Å²) in [5.74, 6) is 1.54. The number of aromatic nitrogens is 4. The van der Waals surface area contributed by atoms with E-state index in [1.165, 1.54) is 0 Å². The van der Waals surface area contributed by atoms with Crippen LogP contribution in [0.5, 0.6) is 5.75 Å². The van der Waals surface area contributed by atoms with Crippen molar-refractivity contribution in [3.05, 3.63) is 65.0 Å². The molecule has 0 aliphatic heterocycles. The molecule has 4 rings (SSSR count). The molecular weight excluding hydrogens is 320 g/mol. The number of hydrogen-bond donors (Lipinski definition) is 0. The maximum absolute atomic E-state index is 12.6. The van der Waals surface area contributed by atoms with Crippen LogP contribution in [0, 0.1) is 0 Å². The minimum absolute atomic E-state index is 0.0887. The average molecular weight is 336 g/mol. The van der Waals surface area contributed by atoms with Gasteiger partial charge in [0, 0.05) is 30.4 Å². The van der Waals surface area contributed by atoms with Crippen LogP contribution in [0.1, 0.15) is 5.89 Å². The molecule has 0 amide bonds. The van der Waals surface area contributed by atoms with Crippen molar-refractivity contribution in [1.82, 2.24) is 19.3 Å². The Kier molecular flexibility index (Phi) is 3.61. The lowest BCUT2D eigenvalue weighted by Gasteiger charge is -2.03. The summed E-state index contributed by atoms with van der Waals surface area (Å²) in [5, 5.41) is 9.02. The number of aryl methyl sites for hydroxylation is 1. The lowest BCUT2D eigenvalue weighted by Crippen LogP contribution is -2.21. The largest absolute Gasteiger partial charge is 0.497 e. The molecule has 3 aromatic heterocycles. The van der Waals surface area contributed by atoms with Crippen LogP contribution in [0.15, 0.2) is 58.0 Å². The van der Waals surface area contributed by atoms with E-state index >= 15 is 0 Å². The zero-order valence-corrected chi connectivity index (χ0v) is 13.8. The van der Waals surface area contributed by atoms with Crippen LogP contribution >= 0.6 is 0 Å². The van der Waals surface area contributed by atoms with E-state index in [9.17, 15) is 4.79 Å². The van der Waals surface area contributed by atoms with Gasteiger partial charge < -0.3 is 18.3 Å². The fraction of sp³-hybridized carbons (Fsp3) is 0.167. The summed E-state index contributed by atoms with van der Waals surface area (Å²) in [6.07, 6.45) is 3.60. The van der Waals surface area contributed by atoms with Crippen LogP contribution in [0.25, 0.3) is 22.4 Å². The first-order valence-electron chi connectivity index (χ1n) is 7.77. The molecule has 0 radical (unpaired) electrons. The van der Waals surface area contributed by atoms with E-state index in [1.807, 2.05) is 54.2 Å². The zero-order valence-electron chi connectivity index (χ0n) is 13.8. The Morgan fingerprint density at radius 1 is 1.08 bits per heavy atom. The van der Waals surface area contributed by atoms with Crippen LogP contribution in [-0.2, 0) is 13.6 Å². The topological polar surface area (TPSA) is 75.1 Å². The predicted molar refractivity (Wildman–Crippen MR) is 92.6 cm³/mol. The molecule has 126 valence electrons. The highest BCUT2D eigenvalue weighted by atomic mass is 16.5. The normalized spacial score (nSPS) is 11.1. The van der Waals surface area contributed by atoms with Gasteiger partial charge in [0.25, 0.3) is 5.56 Å². The van der Waals surface area contributed by atoms with E-state index in [2.05, 4.69) is 10.2 Å². The number of benzene rings is 1. The highest BCUT2D eigenvalue weighted by Gasteiger charge is 2.12. The number of pyridine rings is 1. The molecule has 0 saturated carbocycles. The van der Waals surface area contributed by atoms with Crippen molar-refractivity contribution in [2.75, 3.05) is 7.11 Å². The monoisotopic (exact) mass is 336 g/mol. The molecule has 0 spiro atoms. The van der Waals surface area contributed by atoms with Crippen molar-refractivity contribution in [3.8, 4) is 17.2 Å². The number of rotatable bonds is 4. The zero-order chi connectivity index (χ0) is 17.4. The predicted octanol–water partition coefficient (Wildman–Crippen LogP) is 2.45. The van der Waals surface area contributed by atoms with Gasteiger partial charge in [0.1, 0.15) is 17.8 Å². The minimum Gasteiger partial charge on any atom is -0.497 e. The van der Waals surface area contributed by atoms with E-state index in [4.69, 9.17) is 9.15 Å².